The first kappa shape index (κ1) is 15.0. The molecule has 110 valence electrons. The summed E-state index contributed by atoms with van der Waals surface area (Å²) in [5.41, 5.74) is -0.0282. The van der Waals surface area contributed by atoms with Crippen LogP contribution in [0.5, 0.6) is 5.75 Å². The van der Waals surface area contributed by atoms with Gasteiger partial charge in [-0.25, -0.2) is 4.39 Å². The summed E-state index contributed by atoms with van der Waals surface area (Å²) in [6, 6.07) is 5.12. The predicted molar refractivity (Wildman–Crippen MR) is 74.7 cm³/mol. The highest BCUT2D eigenvalue weighted by atomic mass is 32.2. The van der Waals surface area contributed by atoms with E-state index in [1.807, 2.05) is 0 Å². The van der Waals surface area contributed by atoms with E-state index >= 15 is 0 Å². The first-order chi connectivity index (χ1) is 10.0. The minimum atomic E-state index is -1.03. The second-order valence-corrected chi connectivity index (χ2v) is 4.86. The number of ether oxygens (including phenoxy) is 1. The Labute approximate surface area is 123 Å². The monoisotopic (exact) mass is 310 g/mol. The van der Waals surface area contributed by atoms with Crippen LogP contribution in [0.4, 0.5) is 4.39 Å². The first-order valence-electron chi connectivity index (χ1n) is 5.79. The number of rotatable bonds is 5. The molecule has 0 amide bonds. The molecule has 0 fully saturated rings. The number of carboxylic acid groups (broad SMARTS) is 1. The van der Waals surface area contributed by atoms with Gasteiger partial charge in [-0.3, -0.25) is 14.2 Å². The Morgan fingerprint density at radius 3 is 2.90 bits per heavy atom. The van der Waals surface area contributed by atoms with Gasteiger partial charge < -0.3 is 9.84 Å². The Morgan fingerprint density at radius 1 is 1.48 bits per heavy atom. The van der Waals surface area contributed by atoms with E-state index in [0.717, 1.165) is 11.8 Å². The fourth-order valence-corrected chi connectivity index (χ4v) is 2.35. The SMILES string of the molecule is COc1cc(F)ccc1-n1ccc(=O)nc1SCC(=O)O. The molecule has 0 bridgehead atoms. The van der Waals surface area contributed by atoms with E-state index in [1.165, 1.54) is 42.1 Å². The Bertz CT molecular complexity index is 732. The minimum Gasteiger partial charge on any atom is -0.494 e. The molecule has 0 aliphatic rings. The largest absolute Gasteiger partial charge is 0.494 e. The molecule has 1 N–H and O–H groups in total. The van der Waals surface area contributed by atoms with Crippen LogP contribution in [0, 0.1) is 5.82 Å². The standard InChI is InChI=1S/C13H11FN2O4S/c1-20-10-6-8(14)2-3-9(10)16-5-4-11(17)15-13(16)21-7-12(18)19/h2-6H,7H2,1H3,(H,18,19). The van der Waals surface area contributed by atoms with Gasteiger partial charge in [-0.2, -0.15) is 4.98 Å². The van der Waals surface area contributed by atoms with E-state index in [9.17, 15) is 14.0 Å². The molecule has 6 nitrogen and oxygen atoms in total. The fourth-order valence-electron chi connectivity index (χ4n) is 1.65. The number of nitrogens with zero attached hydrogens (tertiary/aromatic N) is 2. The summed E-state index contributed by atoms with van der Waals surface area (Å²) in [5.74, 6) is -1.50. The quantitative estimate of drug-likeness (QED) is 0.666. The first-order valence-corrected chi connectivity index (χ1v) is 6.78. The van der Waals surface area contributed by atoms with Gasteiger partial charge in [-0.1, -0.05) is 11.8 Å². The number of benzene rings is 1. The zero-order valence-electron chi connectivity index (χ0n) is 10.9. The lowest BCUT2D eigenvalue weighted by Crippen LogP contribution is -2.13. The third kappa shape index (κ3) is 3.60. The highest BCUT2D eigenvalue weighted by molar-refractivity contribution is 7.99. The van der Waals surface area contributed by atoms with Crippen molar-refractivity contribution in [3.8, 4) is 11.4 Å². The molecule has 1 aromatic carbocycles. The van der Waals surface area contributed by atoms with Crippen molar-refractivity contribution in [2.75, 3.05) is 12.9 Å². The number of hydrogen-bond donors (Lipinski definition) is 1. The zero-order chi connectivity index (χ0) is 15.4. The molecular weight excluding hydrogens is 299 g/mol. The number of aromatic nitrogens is 2. The molecule has 21 heavy (non-hydrogen) atoms. The van der Waals surface area contributed by atoms with Crippen LogP contribution in [0.2, 0.25) is 0 Å². The van der Waals surface area contributed by atoms with Crippen molar-refractivity contribution in [2.45, 2.75) is 5.16 Å². The van der Waals surface area contributed by atoms with E-state index in [2.05, 4.69) is 4.98 Å². The maximum Gasteiger partial charge on any atom is 0.313 e. The zero-order valence-corrected chi connectivity index (χ0v) is 11.8. The molecule has 0 aliphatic heterocycles. The maximum absolute atomic E-state index is 13.2. The minimum absolute atomic E-state index is 0.190. The molecule has 0 atom stereocenters. The average Bonchev–Trinajstić information content (AvgIpc) is 2.45. The molecule has 0 spiro atoms. The third-order valence-electron chi connectivity index (χ3n) is 2.50. The van der Waals surface area contributed by atoms with Gasteiger partial charge in [0.25, 0.3) is 5.56 Å². The maximum atomic E-state index is 13.2. The molecule has 1 aromatic heterocycles. The summed E-state index contributed by atoms with van der Waals surface area (Å²) in [4.78, 5) is 25.8. The Balaban J connectivity index is 2.52. The number of carboxylic acids is 1. The van der Waals surface area contributed by atoms with Crippen LogP contribution in [0.25, 0.3) is 5.69 Å². The van der Waals surface area contributed by atoms with E-state index in [1.54, 1.807) is 0 Å². The van der Waals surface area contributed by atoms with Gasteiger partial charge in [0.2, 0.25) is 0 Å². The molecule has 1 heterocycles. The second-order valence-electron chi connectivity index (χ2n) is 3.92. The van der Waals surface area contributed by atoms with E-state index in [0.29, 0.717) is 5.69 Å². The number of thioether (sulfide) groups is 1. The van der Waals surface area contributed by atoms with Gasteiger partial charge >= 0.3 is 5.97 Å². The fraction of sp³-hybridized carbons (Fsp3) is 0.154. The van der Waals surface area contributed by atoms with E-state index in [-0.39, 0.29) is 16.7 Å². The highest BCUT2D eigenvalue weighted by Gasteiger charge is 2.12. The number of carbonyl (C=O) groups is 1. The molecular formula is C13H11FN2O4S. The third-order valence-corrected chi connectivity index (χ3v) is 3.44. The summed E-state index contributed by atoms with van der Waals surface area (Å²) in [6.07, 6.45) is 1.44. The lowest BCUT2D eigenvalue weighted by molar-refractivity contribution is -0.133. The smallest absolute Gasteiger partial charge is 0.313 e. The van der Waals surface area contributed by atoms with Crippen molar-refractivity contribution in [3.63, 3.8) is 0 Å². The summed E-state index contributed by atoms with van der Waals surface area (Å²) in [7, 11) is 1.39. The van der Waals surface area contributed by atoms with Crippen LogP contribution in [0.15, 0.2) is 40.4 Å². The molecule has 2 rings (SSSR count). The van der Waals surface area contributed by atoms with Gasteiger partial charge in [0.1, 0.15) is 11.6 Å². The predicted octanol–water partition coefficient (Wildman–Crippen LogP) is 1.56. The van der Waals surface area contributed by atoms with Crippen LogP contribution in [-0.2, 0) is 4.79 Å². The number of aliphatic carboxylic acids is 1. The van der Waals surface area contributed by atoms with Gasteiger partial charge in [0.05, 0.1) is 18.6 Å². The van der Waals surface area contributed by atoms with E-state index < -0.39 is 17.3 Å². The van der Waals surface area contributed by atoms with Crippen molar-refractivity contribution in [1.82, 2.24) is 9.55 Å². The number of halogens is 1. The van der Waals surface area contributed by atoms with Crippen molar-refractivity contribution in [3.05, 3.63) is 46.6 Å². The molecule has 0 aliphatic carbocycles. The summed E-state index contributed by atoms with van der Waals surface area (Å²) in [5, 5.41) is 8.92. The van der Waals surface area contributed by atoms with Crippen LogP contribution in [-0.4, -0.2) is 33.5 Å². The van der Waals surface area contributed by atoms with Crippen LogP contribution >= 0.6 is 11.8 Å². The van der Waals surface area contributed by atoms with Crippen LogP contribution < -0.4 is 10.3 Å². The van der Waals surface area contributed by atoms with Gasteiger partial charge in [0.15, 0.2) is 5.16 Å². The van der Waals surface area contributed by atoms with E-state index in [4.69, 9.17) is 9.84 Å². The highest BCUT2D eigenvalue weighted by Crippen LogP contribution is 2.27. The van der Waals surface area contributed by atoms with Gasteiger partial charge in [-0.05, 0) is 12.1 Å². The molecule has 0 saturated carbocycles. The summed E-state index contributed by atoms with van der Waals surface area (Å²) in [6.45, 7) is 0. The molecule has 0 saturated heterocycles. The number of hydrogen-bond acceptors (Lipinski definition) is 5. The van der Waals surface area contributed by atoms with Crippen LogP contribution in [0.3, 0.4) is 0 Å². The van der Waals surface area contributed by atoms with Crippen molar-refractivity contribution >= 4 is 17.7 Å². The van der Waals surface area contributed by atoms with Crippen LogP contribution in [0.1, 0.15) is 0 Å². The topological polar surface area (TPSA) is 81.4 Å². The van der Waals surface area contributed by atoms with Crippen molar-refractivity contribution < 1.29 is 19.0 Å². The number of methoxy groups -OCH3 is 1. The average molecular weight is 310 g/mol. The molecule has 0 radical (unpaired) electrons. The van der Waals surface area contributed by atoms with Gasteiger partial charge in [0, 0.05) is 18.3 Å². The Hall–Kier alpha value is -2.35. The van der Waals surface area contributed by atoms with Crippen molar-refractivity contribution in [1.29, 1.82) is 0 Å². The normalized spacial score (nSPS) is 10.4. The van der Waals surface area contributed by atoms with Gasteiger partial charge in [-0.15, -0.1) is 0 Å². The lowest BCUT2D eigenvalue weighted by Gasteiger charge is -2.14. The summed E-state index contributed by atoms with van der Waals surface area (Å²) >= 11 is 0.891. The molecule has 2 aromatic rings. The lowest BCUT2D eigenvalue weighted by atomic mass is 10.3. The Kier molecular flexibility index (Phi) is 4.59. The molecule has 8 heteroatoms. The second kappa shape index (κ2) is 6.40. The Morgan fingerprint density at radius 2 is 2.24 bits per heavy atom. The molecule has 0 unspecified atom stereocenters. The summed E-state index contributed by atoms with van der Waals surface area (Å²) < 4.78 is 19.8. The van der Waals surface area contributed by atoms with Crippen molar-refractivity contribution in [2.24, 2.45) is 0 Å².